The Bertz CT molecular complexity index is 1230. The molecule has 2 N–H and O–H groups in total. The molecule has 1 aliphatic heterocycles. The molecule has 1 saturated carbocycles. The number of anilines is 2. The first-order valence-corrected chi connectivity index (χ1v) is 13.2. The van der Waals surface area contributed by atoms with E-state index >= 15 is 0 Å². The second kappa shape index (κ2) is 11.1. The highest BCUT2D eigenvalue weighted by Gasteiger charge is 2.29. The van der Waals surface area contributed by atoms with Gasteiger partial charge in [-0.1, -0.05) is 54.6 Å². The van der Waals surface area contributed by atoms with Crippen molar-refractivity contribution in [1.29, 1.82) is 0 Å². The molecule has 6 nitrogen and oxygen atoms in total. The molecule has 1 heterocycles. The predicted molar refractivity (Wildman–Crippen MR) is 147 cm³/mol. The van der Waals surface area contributed by atoms with Crippen LogP contribution < -0.4 is 15.0 Å². The normalized spacial score (nSPS) is 24.9. The number of carboxylic acids is 1. The van der Waals surface area contributed by atoms with E-state index in [1.807, 2.05) is 55.5 Å². The molecule has 2 aromatic rings. The number of carbonyl (C=O) groups excluding carboxylic acids is 1. The third-order valence-corrected chi connectivity index (χ3v) is 7.63. The number of para-hydroxylation sites is 1. The number of ether oxygens (including phenoxy) is 1. The molecule has 2 atom stereocenters. The van der Waals surface area contributed by atoms with Crippen LogP contribution in [0.2, 0.25) is 0 Å². The lowest BCUT2D eigenvalue weighted by Gasteiger charge is -2.33. The fourth-order valence-corrected chi connectivity index (χ4v) is 5.68. The van der Waals surface area contributed by atoms with E-state index in [2.05, 4.69) is 35.7 Å². The van der Waals surface area contributed by atoms with Crippen LogP contribution >= 0.6 is 0 Å². The molecule has 0 bridgehead atoms. The molecule has 0 radical (unpaired) electrons. The van der Waals surface area contributed by atoms with E-state index in [0.717, 1.165) is 48.2 Å². The highest BCUT2D eigenvalue weighted by molar-refractivity contribution is 6.03. The van der Waals surface area contributed by atoms with E-state index in [1.165, 1.54) is 0 Å². The summed E-state index contributed by atoms with van der Waals surface area (Å²) in [4.78, 5) is 25.8. The Kier molecular flexibility index (Phi) is 7.45. The maximum Gasteiger partial charge on any atom is 0.326 e. The molecule has 2 aromatic carbocycles. The van der Waals surface area contributed by atoms with Crippen LogP contribution in [0.25, 0.3) is 5.57 Å². The molecular weight excluding hydrogens is 464 g/mol. The Morgan fingerprint density at radius 1 is 1.05 bits per heavy atom. The third-order valence-electron chi connectivity index (χ3n) is 7.63. The van der Waals surface area contributed by atoms with E-state index in [0.29, 0.717) is 36.5 Å². The van der Waals surface area contributed by atoms with Gasteiger partial charge in [0.15, 0.2) is 0 Å². The number of nitrogens with zero attached hydrogens (tertiary/aromatic N) is 1. The van der Waals surface area contributed by atoms with Crippen molar-refractivity contribution in [1.82, 2.24) is 0 Å². The zero-order valence-corrected chi connectivity index (χ0v) is 21.2. The maximum atomic E-state index is 13.1. The van der Waals surface area contributed by atoms with Crippen LogP contribution in [0.3, 0.4) is 0 Å². The number of allylic oxidation sites excluding steroid dienone is 6. The van der Waals surface area contributed by atoms with Crippen molar-refractivity contribution in [3.05, 3.63) is 84.5 Å². The van der Waals surface area contributed by atoms with E-state index < -0.39 is 5.97 Å². The molecule has 37 heavy (non-hydrogen) atoms. The zero-order chi connectivity index (χ0) is 25.8. The van der Waals surface area contributed by atoms with Crippen molar-refractivity contribution in [2.24, 2.45) is 17.8 Å². The van der Waals surface area contributed by atoms with Gasteiger partial charge in [-0.15, -0.1) is 0 Å². The number of nitrogens with one attached hydrogen (secondary N) is 1. The van der Waals surface area contributed by atoms with Crippen molar-refractivity contribution in [2.45, 2.75) is 45.1 Å². The van der Waals surface area contributed by atoms with Gasteiger partial charge in [0.2, 0.25) is 0 Å². The first-order chi connectivity index (χ1) is 18.0. The molecule has 2 amide bonds. The second-order valence-electron chi connectivity index (χ2n) is 10.3. The van der Waals surface area contributed by atoms with Gasteiger partial charge in [0.25, 0.3) is 0 Å². The summed E-state index contributed by atoms with van der Waals surface area (Å²) in [6.07, 6.45) is 15.3. The number of rotatable bonds is 5. The van der Waals surface area contributed by atoms with Crippen molar-refractivity contribution < 1.29 is 19.4 Å². The zero-order valence-electron chi connectivity index (χ0n) is 21.2. The summed E-state index contributed by atoms with van der Waals surface area (Å²) in [7, 11) is 0. The van der Waals surface area contributed by atoms with Gasteiger partial charge in [-0.2, -0.15) is 0 Å². The van der Waals surface area contributed by atoms with Crippen molar-refractivity contribution in [3.63, 3.8) is 0 Å². The van der Waals surface area contributed by atoms with E-state index in [1.54, 1.807) is 4.90 Å². The Balaban J connectivity index is 1.28. The number of benzene rings is 2. The number of amides is 2. The van der Waals surface area contributed by atoms with Gasteiger partial charge in [-0.25, -0.2) is 4.79 Å². The van der Waals surface area contributed by atoms with Crippen LogP contribution in [0.5, 0.6) is 5.75 Å². The SMILES string of the molecule is CC1CN(C(=O)Nc2ccccc2)c2ccc(C3=CC=CC(C4CCC(CC(=O)O)CC4)C=C3)cc2O1. The van der Waals surface area contributed by atoms with Gasteiger partial charge in [-0.3, -0.25) is 9.69 Å². The molecule has 0 saturated heterocycles. The summed E-state index contributed by atoms with van der Waals surface area (Å²) < 4.78 is 6.15. The molecule has 192 valence electrons. The minimum Gasteiger partial charge on any atom is -0.487 e. The lowest BCUT2D eigenvalue weighted by Crippen LogP contribution is -2.44. The average Bonchev–Trinajstić information content (AvgIpc) is 3.15. The van der Waals surface area contributed by atoms with E-state index in [4.69, 9.17) is 9.84 Å². The molecular formula is C31H34N2O4. The second-order valence-corrected chi connectivity index (χ2v) is 10.3. The molecule has 0 spiro atoms. The first kappa shape index (κ1) is 24.9. The third kappa shape index (κ3) is 5.96. The number of hydrogen-bond acceptors (Lipinski definition) is 3. The van der Waals surface area contributed by atoms with Crippen LogP contribution in [0, 0.1) is 17.8 Å². The Hall–Kier alpha value is -3.80. The minimum absolute atomic E-state index is 0.122. The largest absolute Gasteiger partial charge is 0.487 e. The molecule has 5 rings (SSSR count). The molecule has 3 aliphatic rings. The van der Waals surface area contributed by atoms with Crippen LogP contribution in [0.15, 0.2) is 78.9 Å². The molecule has 1 fully saturated rings. The fraction of sp³-hybridized carbons (Fsp3) is 0.355. The lowest BCUT2D eigenvalue weighted by molar-refractivity contribution is -0.138. The van der Waals surface area contributed by atoms with Crippen molar-refractivity contribution in [2.75, 3.05) is 16.8 Å². The number of fused-ring (bicyclic) bond motifs is 1. The highest BCUT2D eigenvalue weighted by atomic mass is 16.5. The summed E-state index contributed by atoms with van der Waals surface area (Å²) >= 11 is 0. The predicted octanol–water partition coefficient (Wildman–Crippen LogP) is 6.91. The monoisotopic (exact) mass is 498 g/mol. The number of carbonyl (C=O) groups is 2. The molecule has 6 heteroatoms. The quantitative estimate of drug-likeness (QED) is 0.469. The number of urea groups is 1. The van der Waals surface area contributed by atoms with E-state index in [9.17, 15) is 9.59 Å². The van der Waals surface area contributed by atoms with Gasteiger partial charge in [-0.05, 0) is 85.8 Å². The number of hydrogen-bond donors (Lipinski definition) is 2. The summed E-state index contributed by atoms with van der Waals surface area (Å²) in [6, 6.07) is 15.3. The number of carboxylic acid groups (broad SMARTS) is 1. The standard InChI is InChI=1S/C31H34N2O4/c1-21-20-33(31(36)32-27-8-3-2-4-9-27)28-17-16-26(19-29(28)37-21)24-7-5-6-23(14-15-24)25-12-10-22(11-13-25)18-30(34)35/h2-9,14-17,19,21-23,25H,10-13,18,20H2,1H3,(H,32,36)(H,34,35). The Labute approximate surface area is 218 Å². The molecule has 2 unspecified atom stereocenters. The molecule has 2 aliphatic carbocycles. The van der Waals surface area contributed by atoms with Gasteiger partial charge < -0.3 is 15.2 Å². The van der Waals surface area contributed by atoms with E-state index in [-0.39, 0.29) is 12.1 Å². The Morgan fingerprint density at radius 2 is 1.84 bits per heavy atom. The summed E-state index contributed by atoms with van der Waals surface area (Å²) in [5.74, 6) is 1.24. The first-order valence-electron chi connectivity index (χ1n) is 13.2. The van der Waals surface area contributed by atoms with Gasteiger partial charge in [0.1, 0.15) is 11.9 Å². The minimum atomic E-state index is -0.685. The van der Waals surface area contributed by atoms with Crippen molar-refractivity contribution >= 4 is 28.9 Å². The van der Waals surface area contributed by atoms with Crippen molar-refractivity contribution in [3.8, 4) is 5.75 Å². The lowest BCUT2D eigenvalue weighted by atomic mass is 9.74. The summed E-state index contributed by atoms with van der Waals surface area (Å²) in [6.45, 7) is 2.45. The summed E-state index contributed by atoms with van der Waals surface area (Å²) in [5.41, 5.74) is 3.67. The maximum absolute atomic E-state index is 13.1. The fourth-order valence-electron chi connectivity index (χ4n) is 5.68. The number of aliphatic carboxylic acids is 1. The van der Waals surface area contributed by atoms with Crippen LogP contribution in [-0.4, -0.2) is 29.8 Å². The topological polar surface area (TPSA) is 78.9 Å². The average molecular weight is 499 g/mol. The van der Waals surface area contributed by atoms with Gasteiger partial charge in [0.05, 0.1) is 12.2 Å². The van der Waals surface area contributed by atoms with Gasteiger partial charge in [0, 0.05) is 12.1 Å². The highest BCUT2D eigenvalue weighted by Crippen LogP contribution is 2.39. The van der Waals surface area contributed by atoms with Crippen LogP contribution in [0.1, 0.15) is 44.6 Å². The Morgan fingerprint density at radius 3 is 2.59 bits per heavy atom. The molecule has 0 aromatic heterocycles. The smallest absolute Gasteiger partial charge is 0.326 e. The van der Waals surface area contributed by atoms with Crippen LogP contribution in [-0.2, 0) is 4.79 Å². The van der Waals surface area contributed by atoms with Gasteiger partial charge >= 0.3 is 12.0 Å². The van der Waals surface area contributed by atoms with Crippen LogP contribution in [0.4, 0.5) is 16.2 Å². The summed E-state index contributed by atoms with van der Waals surface area (Å²) in [5, 5.41) is 12.1.